The van der Waals surface area contributed by atoms with Gasteiger partial charge < -0.3 is 21.4 Å². The van der Waals surface area contributed by atoms with E-state index in [-0.39, 0.29) is 0 Å². The minimum absolute atomic E-state index is 0.562. The highest BCUT2D eigenvalue weighted by Gasteiger charge is 2.10. The second-order valence-electron chi connectivity index (χ2n) is 5.79. The van der Waals surface area contributed by atoms with Crippen LogP contribution in [0.1, 0.15) is 5.56 Å². The van der Waals surface area contributed by atoms with Gasteiger partial charge in [-0.15, -0.1) is 0 Å². The third-order valence-corrected chi connectivity index (χ3v) is 5.15. The predicted molar refractivity (Wildman–Crippen MR) is 111 cm³/mol. The minimum Gasteiger partial charge on any atom is -0.398 e. The summed E-state index contributed by atoms with van der Waals surface area (Å²) in [6.45, 7) is 0. The molecule has 0 amide bonds. The first-order chi connectivity index (χ1) is 13.1. The molecule has 2 heterocycles. The van der Waals surface area contributed by atoms with Crippen LogP contribution in [0, 0.1) is 5.41 Å². The van der Waals surface area contributed by atoms with Crippen LogP contribution in [0.4, 0.5) is 17.2 Å². The molecule has 5 N–H and O–H groups in total. The maximum atomic E-state index is 7.44. The lowest BCUT2D eigenvalue weighted by Crippen LogP contribution is -1.98. The van der Waals surface area contributed by atoms with Crippen molar-refractivity contribution in [1.29, 1.82) is 5.41 Å². The van der Waals surface area contributed by atoms with Gasteiger partial charge in [-0.25, -0.2) is 9.97 Å². The maximum Gasteiger partial charge on any atom is 0.143 e. The van der Waals surface area contributed by atoms with Gasteiger partial charge >= 0.3 is 0 Å². The molecule has 2 aromatic carbocycles. The number of halogens is 1. The molecule has 0 fully saturated rings. The normalized spacial score (nSPS) is 10.9. The van der Waals surface area contributed by atoms with Crippen LogP contribution in [0.3, 0.4) is 0 Å². The van der Waals surface area contributed by atoms with Crippen LogP contribution >= 0.6 is 23.4 Å². The molecule has 0 unspecified atom stereocenters. The zero-order chi connectivity index (χ0) is 18.8. The van der Waals surface area contributed by atoms with Crippen molar-refractivity contribution in [1.82, 2.24) is 15.0 Å². The lowest BCUT2D eigenvalue weighted by Gasteiger charge is -2.08. The average molecular weight is 395 g/mol. The van der Waals surface area contributed by atoms with Crippen molar-refractivity contribution < 1.29 is 0 Å². The topological polar surface area (TPSA) is 103 Å². The molecule has 4 aromatic rings. The fraction of sp³-hybridized carbons (Fsp3) is 0. The summed E-state index contributed by atoms with van der Waals surface area (Å²) in [5, 5.41) is 13.3. The molecule has 0 saturated heterocycles. The molecular weight excluding hydrogens is 380 g/mol. The van der Waals surface area contributed by atoms with Gasteiger partial charge in [-0.3, -0.25) is 0 Å². The number of nitrogens with two attached hydrogens (primary N) is 1. The number of hydrogen-bond donors (Lipinski definition) is 4. The van der Waals surface area contributed by atoms with Gasteiger partial charge in [0.25, 0.3) is 0 Å². The Kier molecular flexibility index (Phi) is 4.70. The van der Waals surface area contributed by atoms with Crippen LogP contribution in [0.5, 0.6) is 0 Å². The SMILES string of the molecule is N=Cc1cc(Nc2ncnc3[nH]c(Sc4ccc(Cl)cc4)cc23)ccc1N. The largest absolute Gasteiger partial charge is 0.398 e. The van der Waals surface area contributed by atoms with Gasteiger partial charge in [0.2, 0.25) is 0 Å². The summed E-state index contributed by atoms with van der Waals surface area (Å²) in [7, 11) is 0. The van der Waals surface area contributed by atoms with E-state index in [1.165, 1.54) is 12.5 Å². The zero-order valence-corrected chi connectivity index (χ0v) is 15.6. The van der Waals surface area contributed by atoms with E-state index in [0.717, 1.165) is 26.6 Å². The summed E-state index contributed by atoms with van der Waals surface area (Å²) in [6.07, 6.45) is 2.74. The van der Waals surface area contributed by atoms with Crippen LogP contribution in [0.15, 0.2) is 64.8 Å². The highest BCUT2D eigenvalue weighted by Crippen LogP contribution is 2.32. The Morgan fingerprint density at radius 1 is 1.11 bits per heavy atom. The fourth-order valence-corrected chi connectivity index (χ4v) is 3.59. The van der Waals surface area contributed by atoms with Gasteiger partial charge in [0.05, 0.1) is 10.4 Å². The number of benzene rings is 2. The molecule has 0 saturated carbocycles. The summed E-state index contributed by atoms with van der Waals surface area (Å²) in [5.41, 5.74) is 8.61. The third-order valence-electron chi connectivity index (χ3n) is 3.95. The number of nitrogen functional groups attached to an aromatic ring is 1. The molecule has 0 aliphatic heterocycles. The number of nitrogens with one attached hydrogen (secondary N) is 3. The van der Waals surface area contributed by atoms with E-state index in [9.17, 15) is 0 Å². The van der Waals surface area contributed by atoms with Crippen LogP contribution in [0.2, 0.25) is 5.02 Å². The molecule has 0 bridgehead atoms. The maximum absolute atomic E-state index is 7.44. The molecule has 27 heavy (non-hydrogen) atoms. The Bertz CT molecular complexity index is 1120. The van der Waals surface area contributed by atoms with E-state index in [0.29, 0.717) is 22.1 Å². The van der Waals surface area contributed by atoms with Crippen LogP contribution in [-0.2, 0) is 0 Å². The number of aromatic amines is 1. The quantitative estimate of drug-likeness (QED) is 0.279. The van der Waals surface area contributed by atoms with Gasteiger partial charge in [-0.1, -0.05) is 23.4 Å². The Morgan fingerprint density at radius 2 is 1.93 bits per heavy atom. The first-order valence-electron chi connectivity index (χ1n) is 8.06. The standard InChI is InChI=1S/C19H15ClN6S/c20-12-1-4-14(5-2-12)27-17-8-15-18(23-10-24-19(15)26-17)25-13-3-6-16(22)11(7-13)9-21/h1-10,21H,22H2,(H2,23,24,25,26). The predicted octanol–water partition coefficient (Wildman–Crippen LogP) is 5.09. The molecule has 0 spiro atoms. The van der Waals surface area contributed by atoms with Crippen LogP contribution in [-0.4, -0.2) is 21.2 Å². The Morgan fingerprint density at radius 3 is 2.70 bits per heavy atom. The molecule has 8 heteroatoms. The molecule has 2 aromatic heterocycles. The molecule has 134 valence electrons. The van der Waals surface area contributed by atoms with E-state index in [2.05, 4.69) is 20.3 Å². The van der Waals surface area contributed by atoms with Gasteiger partial charge in [-0.05, 0) is 48.5 Å². The molecule has 0 radical (unpaired) electrons. The highest BCUT2D eigenvalue weighted by atomic mass is 35.5. The van der Waals surface area contributed by atoms with Crippen molar-refractivity contribution in [2.45, 2.75) is 9.92 Å². The van der Waals surface area contributed by atoms with E-state index in [1.54, 1.807) is 17.8 Å². The number of fused-ring (bicyclic) bond motifs is 1. The van der Waals surface area contributed by atoms with E-state index >= 15 is 0 Å². The van der Waals surface area contributed by atoms with Crippen molar-refractivity contribution in [2.75, 3.05) is 11.1 Å². The van der Waals surface area contributed by atoms with E-state index < -0.39 is 0 Å². The molecular formula is C19H15ClN6S. The van der Waals surface area contributed by atoms with Crippen molar-refractivity contribution in [3.05, 3.63) is 65.4 Å². The van der Waals surface area contributed by atoms with Gasteiger partial charge in [-0.2, -0.15) is 0 Å². The van der Waals surface area contributed by atoms with Crippen molar-refractivity contribution in [2.24, 2.45) is 0 Å². The Balaban J connectivity index is 1.65. The number of rotatable bonds is 5. The average Bonchev–Trinajstić information content (AvgIpc) is 3.08. The molecule has 0 atom stereocenters. The van der Waals surface area contributed by atoms with Crippen molar-refractivity contribution in [3.8, 4) is 0 Å². The summed E-state index contributed by atoms with van der Waals surface area (Å²) in [6, 6.07) is 15.1. The van der Waals surface area contributed by atoms with Gasteiger partial charge in [0, 0.05) is 33.1 Å². The smallest absolute Gasteiger partial charge is 0.143 e. The lowest BCUT2D eigenvalue weighted by atomic mass is 10.1. The molecule has 4 rings (SSSR count). The number of nitrogens with zero attached hydrogens (tertiary/aromatic N) is 2. The summed E-state index contributed by atoms with van der Waals surface area (Å²) < 4.78 is 0. The number of hydrogen-bond acceptors (Lipinski definition) is 6. The van der Waals surface area contributed by atoms with Gasteiger partial charge in [0.15, 0.2) is 0 Å². The summed E-state index contributed by atoms with van der Waals surface area (Å²) in [5.74, 6) is 0.680. The monoisotopic (exact) mass is 394 g/mol. The minimum atomic E-state index is 0.562. The highest BCUT2D eigenvalue weighted by molar-refractivity contribution is 7.99. The number of H-pyrrole nitrogens is 1. The van der Waals surface area contributed by atoms with Crippen LogP contribution in [0.25, 0.3) is 11.0 Å². The second kappa shape index (κ2) is 7.30. The van der Waals surface area contributed by atoms with Crippen molar-refractivity contribution >= 4 is 57.8 Å². The summed E-state index contributed by atoms with van der Waals surface area (Å²) in [4.78, 5) is 13.0. The Labute approximate surface area is 164 Å². The molecule has 0 aliphatic rings. The van der Waals surface area contributed by atoms with E-state index in [4.69, 9.17) is 22.7 Å². The number of aromatic nitrogens is 3. The molecule has 6 nitrogen and oxygen atoms in total. The van der Waals surface area contributed by atoms with Crippen molar-refractivity contribution in [3.63, 3.8) is 0 Å². The molecule has 0 aliphatic carbocycles. The lowest BCUT2D eigenvalue weighted by molar-refractivity contribution is 1.16. The fourth-order valence-electron chi connectivity index (χ4n) is 2.61. The Hall–Kier alpha value is -3.03. The van der Waals surface area contributed by atoms with Gasteiger partial charge in [0.1, 0.15) is 17.8 Å². The van der Waals surface area contributed by atoms with Crippen LogP contribution < -0.4 is 11.1 Å². The first-order valence-corrected chi connectivity index (χ1v) is 9.26. The third kappa shape index (κ3) is 3.74. The van der Waals surface area contributed by atoms with E-state index in [1.807, 2.05) is 42.5 Å². The first kappa shape index (κ1) is 17.4. The number of anilines is 3. The summed E-state index contributed by atoms with van der Waals surface area (Å²) >= 11 is 7.53. The zero-order valence-electron chi connectivity index (χ0n) is 14.0. The second-order valence-corrected chi connectivity index (χ2v) is 7.34.